The van der Waals surface area contributed by atoms with Crippen molar-refractivity contribution in [2.24, 2.45) is 0 Å². The minimum atomic E-state index is 0.224. The number of hydrogen-bond donors (Lipinski definition) is 2. The van der Waals surface area contributed by atoms with Gasteiger partial charge in [-0.15, -0.1) is 0 Å². The fourth-order valence-electron chi connectivity index (χ4n) is 5.68. The lowest BCUT2D eigenvalue weighted by atomic mass is 9.69. The van der Waals surface area contributed by atoms with Gasteiger partial charge in [0, 0.05) is 38.2 Å². The summed E-state index contributed by atoms with van der Waals surface area (Å²) in [5.41, 5.74) is 6.28. The van der Waals surface area contributed by atoms with Crippen LogP contribution in [0.1, 0.15) is 40.5 Å². The number of nitrogens with one attached hydrogen (secondary N) is 1. The highest BCUT2D eigenvalue weighted by atomic mass is 16.5. The van der Waals surface area contributed by atoms with Crippen LogP contribution in [0.15, 0.2) is 91.1 Å². The molecule has 5 heteroatoms. The Kier molecular flexibility index (Phi) is 6.31. The van der Waals surface area contributed by atoms with Gasteiger partial charge in [0.2, 0.25) is 5.88 Å². The van der Waals surface area contributed by atoms with Gasteiger partial charge in [0.1, 0.15) is 11.5 Å². The lowest BCUT2D eigenvalue weighted by Gasteiger charge is -2.34. The predicted molar refractivity (Wildman–Crippen MR) is 143 cm³/mol. The van der Waals surface area contributed by atoms with Crippen LogP contribution in [0.5, 0.6) is 17.4 Å². The van der Waals surface area contributed by atoms with Gasteiger partial charge in [0.05, 0.1) is 11.9 Å². The number of phenolic OH excluding ortho intramolecular Hbond substituents is 1. The highest BCUT2D eigenvalue weighted by Gasteiger charge is 2.32. The Bertz CT molecular complexity index is 1300. The van der Waals surface area contributed by atoms with Crippen LogP contribution in [-0.4, -0.2) is 36.3 Å². The molecule has 2 heterocycles. The molecule has 1 saturated heterocycles. The molecule has 0 radical (unpaired) electrons. The summed E-state index contributed by atoms with van der Waals surface area (Å²) in [6.45, 7) is 4.00. The predicted octanol–water partition coefficient (Wildman–Crippen LogP) is 5.85. The maximum absolute atomic E-state index is 10.1. The number of pyridine rings is 1. The van der Waals surface area contributed by atoms with Crippen molar-refractivity contribution < 1.29 is 9.84 Å². The summed E-state index contributed by atoms with van der Waals surface area (Å²) < 4.78 is 6.08. The van der Waals surface area contributed by atoms with E-state index < -0.39 is 0 Å². The van der Waals surface area contributed by atoms with Crippen LogP contribution in [0.4, 0.5) is 5.69 Å². The molecule has 0 saturated carbocycles. The Hall–Kier alpha value is -3.83. The average Bonchev–Trinajstić information content (AvgIpc) is 2.94. The van der Waals surface area contributed by atoms with Crippen LogP contribution in [0.3, 0.4) is 0 Å². The van der Waals surface area contributed by atoms with E-state index in [9.17, 15) is 5.11 Å². The van der Waals surface area contributed by atoms with E-state index in [4.69, 9.17) is 4.74 Å². The minimum Gasteiger partial charge on any atom is -0.508 e. The third-order valence-electron chi connectivity index (χ3n) is 7.48. The number of hydrogen-bond acceptors (Lipinski definition) is 5. The lowest BCUT2D eigenvalue weighted by molar-refractivity contribution is 0.461. The summed E-state index contributed by atoms with van der Waals surface area (Å²) in [6, 6.07) is 29.1. The number of aromatic nitrogens is 1. The van der Waals surface area contributed by atoms with Gasteiger partial charge in [-0.3, -0.25) is 0 Å². The van der Waals surface area contributed by atoms with E-state index in [-0.39, 0.29) is 5.92 Å². The molecule has 1 aliphatic heterocycles. The van der Waals surface area contributed by atoms with Crippen LogP contribution in [0.2, 0.25) is 0 Å². The molecular formula is C31H31N3O2. The Balaban J connectivity index is 1.24. The maximum atomic E-state index is 10.1. The molecule has 4 aromatic rings. The number of fused-ring (bicyclic) bond motifs is 1. The van der Waals surface area contributed by atoms with Crippen LogP contribution < -0.4 is 15.0 Å². The van der Waals surface area contributed by atoms with E-state index in [1.165, 1.54) is 22.3 Å². The number of rotatable bonds is 5. The summed E-state index contributed by atoms with van der Waals surface area (Å²) in [4.78, 5) is 6.88. The van der Waals surface area contributed by atoms with Gasteiger partial charge in [0.25, 0.3) is 0 Å². The van der Waals surface area contributed by atoms with Crippen LogP contribution in [0, 0.1) is 0 Å². The van der Waals surface area contributed by atoms with Crippen molar-refractivity contribution in [1.82, 2.24) is 10.3 Å². The Morgan fingerprint density at radius 2 is 1.67 bits per heavy atom. The number of benzene rings is 3. The second kappa shape index (κ2) is 10.0. The number of phenols is 1. The fourth-order valence-corrected chi connectivity index (χ4v) is 5.68. The monoisotopic (exact) mass is 477 g/mol. The topological polar surface area (TPSA) is 57.6 Å². The molecule has 1 aliphatic carbocycles. The first-order chi connectivity index (χ1) is 17.7. The van der Waals surface area contributed by atoms with Gasteiger partial charge in [-0.05, 0) is 71.3 Å². The summed E-state index contributed by atoms with van der Waals surface area (Å²) >= 11 is 0. The third kappa shape index (κ3) is 4.67. The summed E-state index contributed by atoms with van der Waals surface area (Å²) in [6.07, 6.45) is 3.91. The summed E-state index contributed by atoms with van der Waals surface area (Å²) in [7, 11) is 0. The van der Waals surface area contributed by atoms with Gasteiger partial charge < -0.3 is 20.1 Å². The van der Waals surface area contributed by atoms with E-state index in [0.717, 1.165) is 50.5 Å². The number of aromatic hydroxyl groups is 1. The van der Waals surface area contributed by atoms with Crippen LogP contribution >= 0.6 is 0 Å². The van der Waals surface area contributed by atoms with Gasteiger partial charge in [0.15, 0.2) is 0 Å². The molecule has 1 aromatic heterocycles. The zero-order valence-electron chi connectivity index (χ0n) is 20.3. The van der Waals surface area contributed by atoms with Crippen molar-refractivity contribution in [3.05, 3.63) is 113 Å². The first-order valence-electron chi connectivity index (χ1n) is 12.8. The SMILES string of the molecule is Oc1ccc2c(c1)CCC(c1ccccc1)C2c1ccc(Oc2ccc(N3CCNCC3)cn2)cc1. The Morgan fingerprint density at radius 1 is 0.861 bits per heavy atom. The van der Waals surface area contributed by atoms with Crippen LogP contribution in [-0.2, 0) is 6.42 Å². The zero-order chi connectivity index (χ0) is 24.3. The van der Waals surface area contributed by atoms with Crippen molar-refractivity contribution in [2.75, 3.05) is 31.1 Å². The van der Waals surface area contributed by atoms with Crippen molar-refractivity contribution >= 4 is 5.69 Å². The molecule has 2 unspecified atom stereocenters. The highest BCUT2D eigenvalue weighted by molar-refractivity contribution is 5.49. The second-order valence-electron chi connectivity index (χ2n) is 9.68. The van der Waals surface area contributed by atoms with E-state index in [1.54, 1.807) is 0 Å². The van der Waals surface area contributed by atoms with E-state index in [2.05, 4.69) is 69.8 Å². The largest absolute Gasteiger partial charge is 0.508 e. The molecule has 182 valence electrons. The van der Waals surface area contributed by atoms with Gasteiger partial charge in [-0.25, -0.2) is 4.98 Å². The van der Waals surface area contributed by atoms with Gasteiger partial charge in [-0.2, -0.15) is 0 Å². The average molecular weight is 478 g/mol. The van der Waals surface area contributed by atoms with Crippen LogP contribution in [0.25, 0.3) is 0 Å². The number of piperazine rings is 1. The number of ether oxygens (including phenoxy) is 1. The molecule has 2 atom stereocenters. The molecular weight excluding hydrogens is 446 g/mol. The first kappa shape index (κ1) is 22.6. The van der Waals surface area contributed by atoms with E-state index in [1.807, 2.05) is 36.5 Å². The minimum absolute atomic E-state index is 0.224. The van der Waals surface area contributed by atoms with Crippen molar-refractivity contribution in [3.8, 4) is 17.4 Å². The van der Waals surface area contributed by atoms with Crippen molar-refractivity contribution in [3.63, 3.8) is 0 Å². The molecule has 3 aromatic carbocycles. The second-order valence-corrected chi connectivity index (χ2v) is 9.68. The molecule has 2 N–H and O–H groups in total. The molecule has 36 heavy (non-hydrogen) atoms. The Labute approximate surface area is 212 Å². The third-order valence-corrected chi connectivity index (χ3v) is 7.48. The molecule has 6 rings (SSSR count). The molecule has 0 bridgehead atoms. The van der Waals surface area contributed by atoms with Gasteiger partial charge >= 0.3 is 0 Å². The van der Waals surface area contributed by atoms with E-state index in [0.29, 0.717) is 17.5 Å². The molecule has 1 fully saturated rings. The normalized spacial score (nSPS) is 19.5. The number of aryl methyl sites for hydroxylation is 1. The van der Waals surface area contributed by atoms with E-state index >= 15 is 0 Å². The number of nitrogens with zero attached hydrogens (tertiary/aromatic N) is 2. The quantitative estimate of drug-likeness (QED) is 0.378. The molecule has 0 amide bonds. The maximum Gasteiger partial charge on any atom is 0.219 e. The van der Waals surface area contributed by atoms with Crippen molar-refractivity contribution in [1.29, 1.82) is 0 Å². The Morgan fingerprint density at radius 3 is 2.42 bits per heavy atom. The molecule has 2 aliphatic rings. The number of anilines is 1. The molecule has 0 spiro atoms. The summed E-state index contributed by atoms with van der Waals surface area (Å²) in [5.74, 6) is 2.32. The van der Waals surface area contributed by atoms with Gasteiger partial charge in [-0.1, -0.05) is 48.5 Å². The first-order valence-corrected chi connectivity index (χ1v) is 12.8. The summed E-state index contributed by atoms with van der Waals surface area (Å²) in [5, 5.41) is 13.4. The highest BCUT2D eigenvalue weighted by Crippen LogP contribution is 2.47. The van der Waals surface area contributed by atoms with Crippen molar-refractivity contribution in [2.45, 2.75) is 24.7 Å². The molecule has 5 nitrogen and oxygen atoms in total. The fraction of sp³-hybridized carbons (Fsp3) is 0.258. The standard InChI is InChI=1S/C31H31N3O2/c35-26-10-14-29-24(20-26)8-13-28(22-4-2-1-3-5-22)31(29)23-6-11-27(12-7-23)36-30-15-9-25(21-33-30)34-18-16-32-17-19-34/h1-7,9-12,14-15,20-21,28,31-32,35H,8,13,16-19H2. The smallest absolute Gasteiger partial charge is 0.219 e. The lowest BCUT2D eigenvalue weighted by Crippen LogP contribution is -2.43. The zero-order valence-corrected chi connectivity index (χ0v) is 20.3.